The highest BCUT2D eigenvalue weighted by Gasteiger charge is 2.39. The van der Waals surface area contributed by atoms with Gasteiger partial charge in [0.05, 0.1) is 19.1 Å². The van der Waals surface area contributed by atoms with E-state index in [1.54, 1.807) is 44.2 Å². The van der Waals surface area contributed by atoms with Gasteiger partial charge >= 0.3 is 17.9 Å². The molecule has 0 bridgehead atoms. The smallest absolute Gasteiger partial charge is 0.326 e. The summed E-state index contributed by atoms with van der Waals surface area (Å²) in [7, 11) is 0. The molecule has 1 fully saturated rings. The number of aliphatic hydroxyl groups is 1. The topological polar surface area (TPSA) is 295 Å². The van der Waals surface area contributed by atoms with Crippen molar-refractivity contribution in [3.8, 4) is 0 Å². The zero-order chi connectivity index (χ0) is 37.5. The Morgan fingerprint density at radius 3 is 1.92 bits per heavy atom. The highest BCUT2D eigenvalue weighted by atomic mass is 16.4. The number of nitrogens with one attached hydrogen (secondary N) is 4. The lowest BCUT2D eigenvalue weighted by atomic mass is 10.00. The average molecular weight is 707 g/mol. The van der Waals surface area contributed by atoms with Crippen molar-refractivity contribution >= 4 is 47.4 Å². The molecule has 0 aromatic heterocycles. The molecule has 5 amide bonds. The van der Waals surface area contributed by atoms with Crippen molar-refractivity contribution in [1.29, 1.82) is 0 Å². The van der Waals surface area contributed by atoms with Crippen LogP contribution in [-0.2, 0) is 44.8 Å². The molecule has 0 spiro atoms. The Balaban J connectivity index is 2.29. The molecule has 1 aromatic carbocycles. The van der Waals surface area contributed by atoms with Crippen molar-refractivity contribution in [3.05, 3.63) is 35.9 Å². The molecule has 18 nitrogen and oxygen atoms in total. The number of aliphatic hydroxyl groups excluding tert-OH is 1. The number of nitrogens with zero attached hydrogens (tertiary/aromatic N) is 1. The molecular formula is C32H46N6O12. The normalized spacial score (nSPS) is 17.1. The monoisotopic (exact) mass is 706 g/mol. The van der Waals surface area contributed by atoms with Gasteiger partial charge in [-0.2, -0.15) is 0 Å². The van der Waals surface area contributed by atoms with Crippen molar-refractivity contribution < 1.29 is 58.8 Å². The van der Waals surface area contributed by atoms with Crippen LogP contribution in [0.5, 0.6) is 0 Å². The summed E-state index contributed by atoms with van der Waals surface area (Å²) >= 11 is 0. The molecule has 10 N–H and O–H groups in total. The number of carbonyl (C=O) groups is 8. The SMILES string of the molecule is CC(C)C[C@H](NC(=O)[C@H](CC(=O)O)NC(=O)[C@@H](N)CCC(=O)O)C(=O)N[C@@H](Cc1ccccc1)C(=O)N[C@@H](CO)C(=O)N1CCC[C@H]1C(=O)O. The second kappa shape index (κ2) is 19.8. The number of hydrogen-bond acceptors (Lipinski definition) is 10. The summed E-state index contributed by atoms with van der Waals surface area (Å²) in [5.41, 5.74) is 6.30. The maximum absolute atomic E-state index is 13.7. The predicted molar refractivity (Wildman–Crippen MR) is 174 cm³/mol. The molecular weight excluding hydrogens is 660 g/mol. The third-order valence-corrected chi connectivity index (χ3v) is 7.89. The molecule has 0 radical (unpaired) electrons. The van der Waals surface area contributed by atoms with Gasteiger partial charge in [-0.15, -0.1) is 0 Å². The van der Waals surface area contributed by atoms with Crippen LogP contribution in [-0.4, -0.2) is 122 Å². The maximum Gasteiger partial charge on any atom is 0.326 e. The summed E-state index contributed by atoms with van der Waals surface area (Å²) in [6.07, 6.45) is -1.10. The fourth-order valence-corrected chi connectivity index (χ4v) is 5.32. The quantitative estimate of drug-likeness (QED) is 0.0706. The lowest BCUT2D eigenvalue weighted by Gasteiger charge is -2.29. The van der Waals surface area contributed by atoms with Crippen LogP contribution in [0, 0.1) is 5.92 Å². The molecule has 18 heteroatoms. The number of aliphatic carboxylic acids is 3. The molecule has 276 valence electrons. The highest BCUT2D eigenvalue weighted by Crippen LogP contribution is 2.19. The van der Waals surface area contributed by atoms with Crippen molar-refractivity contribution in [2.75, 3.05) is 13.2 Å². The van der Waals surface area contributed by atoms with E-state index in [9.17, 15) is 53.7 Å². The van der Waals surface area contributed by atoms with Crippen LogP contribution in [0.15, 0.2) is 30.3 Å². The van der Waals surface area contributed by atoms with Crippen LogP contribution < -0.4 is 27.0 Å². The van der Waals surface area contributed by atoms with Gasteiger partial charge < -0.3 is 52.3 Å². The number of benzene rings is 1. The number of carboxylic acids is 3. The molecule has 1 aliphatic heterocycles. The second-order valence-electron chi connectivity index (χ2n) is 12.4. The van der Waals surface area contributed by atoms with Crippen molar-refractivity contribution in [2.24, 2.45) is 11.7 Å². The Hall–Kier alpha value is -5.10. The van der Waals surface area contributed by atoms with Crippen LogP contribution in [0.3, 0.4) is 0 Å². The highest BCUT2D eigenvalue weighted by molar-refractivity contribution is 5.97. The molecule has 0 unspecified atom stereocenters. The molecule has 0 saturated carbocycles. The molecule has 0 aliphatic carbocycles. The van der Waals surface area contributed by atoms with E-state index in [-0.39, 0.29) is 38.1 Å². The minimum absolute atomic E-state index is 0.00635. The Labute approximate surface area is 288 Å². The summed E-state index contributed by atoms with van der Waals surface area (Å²) in [5, 5.41) is 47.3. The molecule has 1 saturated heterocycles. The van der Waals surface area contributed by atoms with Crippen molar-refractivity contribution in [3.63, 3.8) is 0 Å². The lowest BCUT2D eigenvalue weighted by Crippen LogP contribution is -2.60. The zero-order valence-corrected chi connectivity index (χ0v) is 27.9. The molecule has 6 atom stereocenters. The van der Waals surface area contributed by atoms with Crippen LogP contribution in [0.2, 0.25) is 0 Å². The van der Waals surface area contributed by atoms with Gasteiger partial charge in [0, 0.05) is 19.4 Å². The largest absolute Gasteiger partial charge is 0.481 e. The summed E-state index contributed by atoms with van der Waals surface area (Å²) in [5.74, 6) is -8.72. The minimum Gasteiger partial charge on any atom is -0.481 e. The zero-order valence-electron chi connectivity index (χ0n) is 27.9. The van der Waals surface area contributed by atoms with E-state index < -0.39 is 103 Å². The Bertz CT molecular complexity index is 1390. The average Bonchev–Trinajstić information content (AvgIpc) is 3.55. The lowest BCUT2D eigenvalue weighted by molar-refractivity contribution is -0.150. The molecule has 2 rings (SSSR count). The van der Waals surface area contributed by atoms with Gasteiger partial charge in [0.25, 0.3) is 0 Å². The fraction of sp³-hybridized carbons (Fsp3) is 0.562. The van der Waals surface area contributed by atoms with Gasteiger partial charge in [0.2, 0.25) is 29.5 Å². The Morgan fingerprint density at radius 2 is 1.36 bits per heavy atom. The minimum atomic E-state index is -1.70. The van der Waals surface area contributed by atoms with Crippen LogP contribution >= 0.6 is 0 Å². The summed E-state index contributed by atoms with van der Waals surface area (Å²) in [6.45, 7) is 2.72. The number of rotatable bonds is 20. The summed E-state index contributed by atoms with van der Waals surface area (Å²) in [6, 6.07) is 0.0487. The first-order valence-electron chi connectivity index (χ1n) is 16.1. The number of hydrogen-bond donors (Lipinski definition) is 9. The number of nitrogens with two attached hydrogens (primary N) is 1. The van der Waals surface area contributed by atoms with E-state index >= 15 is 0 Å². The van der Waals surface area contributed by atoms with E-state index in [1.165, 1.54) is 0 Å². The number of amides is 5. The van der Waals surface area contributed by atoms with E-state index in [0.717, 1.165) is 4.90 Å². The van der Waals surface area contributed by atoms with Gasteiger partial charge in [-0.05, 0) is 37.2 Å². The Morgan fingerprint density at radius 1 is 0.800 bits per heavy atom. The van der Waals surface area contributed by atoms with Gasteiger partial charge in [-0.1, -0.05) is 44.2 Å². The van der Waals surface area contributed by atoms with Crippen LogP contribution in [0.1, 0.15) is 57.9 Å². The fourth-order valence-electron chi connectivity index (χ4n) is 5.32. The predicted octanol–water partition coefficient (Wildman–Crippen LogP) is -2.05. The first-order valence-corrected chi connectivity index (χ1v) is 16.1. The summed E-state index contributed by atoms with van der Waals surface area (Å²) in [4.78, 5) is 101. The first-order chi connectivity index (χ1) is 23.5. The van der Waals surface area contributed by atoms with E-state index in [0.29, 0.717) is 12.0 Å². The van der Waals surface area contributed by atoms with E-state index in [2.05, 4.69) is 21.3 Å². The number of carboxylic acid groups (broad SMARTS) is 3. The van der Waals surface area contributed by atoms with Gasteiger partial charge in [-0.3, -0.25) is 33.6 Å². The van der Waals surface area contributed by atoms with Crippen LogP contribution in [0.25, 0.3) is 0 Å². The molecule has 50 heavy (non-hydrogen) atoms. The number of carbonyl (C=O) groups excluding carboxylic acids is 5. The third kappa shape index (κ3) is 13.1. The van der Waals surface area contributed by atoms with Gasteiger partial charge in [0.1, 0.15) is 30.2 Å². The van der Waals surface area contributed by atoms with E-state index in [1.807, 2.05) is 0 Å². The van der Waals surface area contributed by atoms with Crippen LogP contribution in [0.4, 0.5) is 0 Å². The van der Waals surface area contributed by atoms with Gasteiger partial charge in [-0.25, -0.2) is 4.79 Å². The first kappa shape index (κ1) is 41.1. The second-order valence-corrected chi connectivity index (χ2v) is 12.4. The van der Waals surface area contributed by atoms with Gasteiger partial charge in [0.15, 0.2) is 0 Å². The third-order valence-electron chi connectivity index (χ3n) is 7.89. The number of likely N-dealkylation sites (tertiary alicyclic amines) is 1. The Kier molecular flexibility index (Phi) is 16.3. The van der Waals surface area contributed by atoms with Crippen molar-refractivity contribution in [2.45, 2.75) is 95.0 Å². The molecule has 1 aliphatic rings. The van der Waals surface area contributed by atoms with Crippen molar-refractivity contribution in [1.82, 2.24) is 26.2 Å². The molecule has 1 heterocycles. The van der Waals surface area contributed by atoms with E-state index in [4.69, 9.17) is 10.8 Å². The summed E-state index contributed by atoms with van der Waals surface area (Å²) < 4.78 is 0. The standard InChI is InChI=1S/C32H46N6O12/c1-17(2)13-20(35-30(47)22(15-26(42)43)34-27(44)19(33)10-11-25(40)41)28(45)36-21(14-18-7-4-3-5-8-18)29(46)37-23(16-39)31(48)38-12-6-9-24(38)32(49)50/h3-5,7-8,17,19-24,39H,6,9-16,33H2,1-2H3,(H,34,44)(H,35,47)(H,36,45)(H,37,46)(H,40,41)(H,42,43)(H,49,50)/t19-,20-,21-,22-,23-,24-/m0/s1. The maximum atomic E-state index is 13.7. The molecule has 1 aromatic rings.